The van der Waals surface area contributed by atoms with Crippen molar-refractivity contribution in [2.45, 2.75) is 25.8 Å². The highest BCUT2D eigenvalue weighted by molar-refractivity contribution is 7.91. The highest BCUT2D eigenvalue weighted by atomic mass is 32.2. The number of carbonyl (C=O) groups is 1. The summed E-state index contributed by atoms with van der Waals surface area (Å²) in [6.45, 7) is 4.00. The zero-order chi connectivity index (χ0) is 18.4. The molecule has 0 radical (unpaired) electrons. The molecule has 0 aromatic carbocycles. The van der Waals surface area contributed by atoms with Gasteiger partial charge < -0.3 is 15.1 Å². The number of sulfone groups is 1. The van der Waals surface area contributed by atoms with Crippen LogP contribution in [-0.4, -0.2) is 80.5 Å². The van der Waals surface area contributed by atoms with E-state index in [0.29, 0.717) is 31.2 Å². The molecule has 1 saturated heterocycles. The van der Waals surface area contributed by atoms with E-state index in [1.807, 2.05) is 25.9 Å². The fourth-order valence-electron chi connectivity index (χ4n) is 2.89. The zero-order valence-corrected chi connectivity index (χ0v) is 15.9. The predicted octanol–water partition coefficient (Wildman–Crippen LogP) is 0.172. The number of amides is 1. The molecule has 9 heteroatoms. The van der Waals surface area contributed by atoms with E-state index in [9.17, 15) is 13.2 Å². The van der Waals surface area contributed by atoms with Crippen LogP contribution in [-0.2, 0) is 9.84 Å². The van der Waals surface area contributed by atoms with Crippen LogP contribution in [0.2, 0.25) is 0 Å². The molecule has 0 bridgehead atoms. The van der Waals surface area contributed by atoms with Gasteiger partial charge in [0, 0.05) is 25.3 Å². The molecule has 0 aliphatic carbocycles. The largest absolute Gasteiger partial charge is 0.351 e. The van der Waals surface area contributed by atoms with E-state index in [1.54, 1.807) is 12.3 Å². The van der Waals surface area contributed by atoms with Crippen LogP contribution in [0, 0.1) is 0 Å². The summed E-state index contributed by atoms with van der Waals surface area (Å²) >= 11 is 0. The minimum absolute atomic E-state index is 0.116. The van der Waals surface area contributed by atoms with Crippen LogP contribution < -0.4 is 10.2 Å². The Kier molecular flexibility index (Phi) is 6.71. The number of nitrogens with one attached hydrogen (secondary N) is 1. The number of rotatable bonds is 8. The molecule has 0 spiro atoms. The van der Waals surface area contributed by atoms with Gasteiger partial charge in [-0.3, -0.25) is 4.79 Å². The van der Waals surface area contributed by atoms with Gasteiger partial charge in [-0.05, 0) is 46.5 Å². The molecule has 1 N–H and O–H groups in total. The molecule has 2 heterocycles. The topological polar surface area (TPSA) is 95.5 Å². The van der Waals surface area contributed by atoms with Gasteiger partial charge in [0.25, 0.3) is 5.91 Å². The first-order chi connectivity index (χ1) is 11.8. The van der Waals surface area contributed by atoms with Gasteiger partial charge in [-0.15, -0.1) is 0 Å². The molecule has 140 valence electrons. The number of aromatic nitrogens is 2. The van der Waals surface area contributed by atoms with Gasteiger partial charge in [0.2, 0.25) is 5.95 Å². The summed E-state index contributed by atoms with van der Waals surface area (Å²) < 4.78 is 23.5. The number of nitrogens with zero attached hydrogens (tertiary/aromatic N) is 4. The molecule has 1 aliphatic heterocycles. The molecular formula is C16H27N5O3S. The lowest BCUT2D eigenvalue weighted by Crippen LogP contribution is -2.38. The van der Waals surface area contributed by atoms with E-state index >= 15 is 0 Å². The van der Waals surface area contributed by atoms with E-state index in [4.69, 9.17) is 0 Å². The van der Waals surface area contributed by atoms with Crippen LogP contribution in [0.25, 0.3) is 0 Å². The molecular weight excluding hydrogens is 342 g/mol. The van der Waals surface area contributed by atoms with Crippen molar-refractivity contribution in [3.63, 3.8) is 0 Å². The summed E-state index contributed by atoms with van der Waals surface area (Å²) in [6.07, 6.45) is 2.97. The third-order valence-electron chi connectivity index (χ3n) is 4.19. The van der Waals surface area contributed by atoms with E-state index < -0.39 is 9.84 Å². The Labute approximate surface area is 149 Å². The second-order valence-corrected chi connectivity index (χ2v) is 8.73. The molecule has 1 aliphatic rings. The molecule has 2 rings (SSSR count). The Hall–Kier alpha value is -1.74. The van der Waals surface area contributed by atoms with Crippen molar-refractivity contribution in [3.8, 4) is 0 Å². The van der Waals surface area contributed by atoms with Gasteiger partial charge in [-0.25, -0.2) is 18.4 Å². The van der Waals surface area contributed by atoms with Crippen molar-refractivity contribution in [2.75, 3.05) is 50.1 Å². The lowest BCUT2D eigenvalue weighted by Gasteiger charge is -2.26. The SMILES string of the molecule is CCN(c1nccc(C(=O)NCCCN(C)C)n1)C1CCS(=O)(=O)C1. The first kappa shape index (κ1) is 19.6. The maximum atomic E-state index is 12.2. The number of hydrogen-bond acceptors (Lipinski definition) is 7. The molecule has 8 nitrogen and oxygen atoms in total. The highest BCUT2D eigenvalue weighted by Crippen LogP contribution is 2.21. The van der Waals surface area contributed by atoms with Gasteiger partial charge in [0.05, 0.1) is 11.5 Å². The molecule has 1 fully saturated rings. The van der Waals surface area contributed by atoms with Gasteiger partial charge in [-0.1, -0.05) is 0 Å². The first-order valence-corrected chi connectivity index (χ1v) is 10.4. The minimum Gasteiger partial charge on any atom is -0.351 e. The molecule has 1 unspecified atom stereocenters. The molecule has 1 amide bonds. The fourth-order valence-corrected chi connectivity index (χ4v) is 4.62. The lowest BCUT2D eigenvalue weighted by atomic mass is 10.2. The quantitative estimate of drug-likeness (QED) is 0.653. The van der Waals surface area contributed by atoms with Gasteiger partial charge in [-0.2, -0.15) is 0 Å². The molecule has 1 aromatic rings. The van der Waals surface area contributed by atoms with Gasteiger partial charge in [0.1, 0.15) is 5.69 Å². The number of anilines is 1. The summed E-state index contributed by atoms with van der Waals surface area (Å²) in [5.41, 5.74) is 0.300. The average Bonchev–Trinajstić information content (AvgIpc) is 2.92. The van der Waals surface area contributed by atoms with Crippen molar-refractivity contribution >= 4 is 21.7 Å². The zero-order valence-electron chi connectivity index (χ0n) is 15.1. The Bertz CT molecular complexity index is 693. The van der Waals surface area contributed by atoms with Crippen molar-refractivity contribution in [1.29, 1.82) is 0 Å². The minimum atomic E-state index is -2.99. The van der Waals surface area contributed by atoms with Crippen molar-refractivity contribution in [1.82, 2.24) is 20.2 Å². The van der Waals surface area contributed by atoms with E-state index in [2.05, 4.69) is 20.2 Å². The maximum absolute atomic E-state index is 12.2. The standard InChI is InChI=1S/C16H27N5O3S/c1-4-21(13-7-11-25(23,24)12-13)16-18-9-6-14(19-16)15(22)17-8-5-10-20(2)3/h6,9,13H,4-5,7-8,10-12H2,1-3H3,(H,17,22). The molecule has 0 saturated carbocycles. The lowest BCUT2D eigenvalue weighted by molar-refractivity contribution is 0.0947. The number of hydrogen-bond donors (Lipinski definition) is 1. The van der Waals surface area contributed by atoms with Crippen LogP contribution in [0.4, 0.5) is 5.95 Å². The third-order valence-corrected chi connectivity index (χ3v) is 5.94. The van der Waals surface area contributed by atoms with E-state index in [0.717, 1.165) is 13.0 Å². The van der Waals surface area contributed by atoms with Gasteiger partial charge >= 0.3 is 0 Å². The molecule has 1 aromatic heterocycles. The number of carbonyl (C=O) groups excluding carboxylic acids is 1. The van der Waals surface area contributed by atoms with Crippen molar-refractivity contribution < 1.29 is 13.2 Å². The average molecular weight is 369 g/mol. The molecule has 1 atom stereocenters. The summed E-state index contributed by atoms with van der Waals surface area (Å²) in [7, 11) is 0.987. The second kappa shape index (κ2) is 8.57. The van der Waals surface area contributed by atoms with Crippen LogP contribution in [0.3, 0.4) is 0 Å². The van der Waals surface area contributed by atoms with E-state index in [-0.39, 0.29) is 23.5 Å². The first-order valence-electron chi connectivity index (χ1n) is 8.55. The summed E-state index contributed by atoms with van der Waals surface area (Å²) in [5.74, 6) is 0.480. The fraction of sp³-hybridized carbons (Fsp3) is 0.688. The van der Waals surface area contributed by atoms with Crippen LogP contribution in [0.5, 0.6) is 0 Å². The van der Waals surface area contributed by atoms with Crippen molar-refractivity contribution in [2.24, 2.45) is 0 Å². The second-order valence-electron chi connectivity index (χ2n) is 6.50. The Balaban J connectivity index is 2.02. The van der Waals surface area contributed by atoms with E-state index in [1.165, 1.54) is 0 Å². The maximum Gasteiger partial charge on any atom is 0.270 e. The predicted molar refractivity (Wildman–Crippen MR) is 97.6 cm³/mol. The summed E-state index contributed by atoms with van der Waals surface area (Å²) in [4.78, 5) is 24.8. The molecule has 25 heavy (non-hydrogen) atoms. The van der Waals surface area contributed by atoms with Gasteiger partial charge in [0.15, 0.2) is 9.84 Å². The van der Waals surface area contributed by atoms with Crippen LogP contribution in [0.15, 0.2) is 12.3 Å². The van der Waals surface area contributed by atoms with Crippen LogP contribution >= 0.6 is 0 Å². The van der Waals surface area contributed by atoms with Crippen LogP contribution in [0.1, 0.15) is 30.3 Å². The Morgan fingerprint density at radius 2 is 2.16 bits per heavy atom. The monoisotopic (exact) mass is 369 g/mol. The summed E-state index contributed by atoms with van der Waals surface area (Å²) in [6, 6.07) is 1.44. The third kappa shape index (κ3) is 5.64. The smallest absolute Gasteiger partial charge is 0.270 e. The highest BCUT2D eigenvalue weighted by Gasteiger charge is 2.33. The Morgan fingerprint density at radius 3 is 2.76 bits per heavy atom. The van der Waals surface area contributed by atoms with Crippen molar-refractivity contribution in [3.05, 3.63) is 18.0 Å². The Morgan fingerprint density at radius 1 is 1.40 bits per heavy atom. The summed E-state index contributed by atoms with van der Waals surface area (Å²) in [5, 5.41) is 2.85. The normalized spacial score (nSPS) is 19.1.